The van der Waals surface area contributed by atoms with Crippen molar-refractivity contribution in [2.45, 2.75) is 26.8 Å². The van der Waals surface area contributed by atoms with Crippen molar-refractivity contribution in [3.05, 3.63) is 70.8 Å². The lowest BCUT2D eigenvalue weighted by Gasteiger charge is -2.08. The molecule has 0 saturated heterocycles. The molecule has 144 valence electrons. The van der Waals surface area contributed by atoms with E-state index in [0.29, 0.717) is 12.3 Å². The van der Waals surface area contributed by atoms with E-state index in [1.165, 1.54) is 12.1 Å². The number of hydrogen-bond acceptors (Lipinski definition) is 4. The van der Waals surface area contributed by atoms with Crippen molar-refractivity contribution in [3.63, 3.8) is 0 Å². The lowest BCUT2D eigenvalue weighted by molar-refractivity contribution is -0.120. The average molecular weight is 381 g/mol. The first kappa shape index (κ1) is 18.0. The third kappa shape index (κ3) is 3.55. The molecule has 0 radical (unpaired) electrons. The van der Waals surface area contributed by atoms with Crippen LogP contribution in [0.25, 0.3) is 5.69 Å². The molecule has 0 spiro atoms. The molecule has 1 amide bonds. The topological polar surface area (TPSA) is 65.4 Å². The molecular weight excluding hydrogens is 361 g/mol. The molecule has 0 aliphatic carbocycles. The summed E-state index contributed by atoms with van der Waals surface area (Å²) in [6, 6.07) is 11.7. The fraction of sp³-hybridized carbons (Fsp3) is 0.238. The molecule has 7 heteroatoms. The number of hydrogen-bond donors (Lipinski definition) is 1. The molecule has 3 aromatic rings. The SMILES string of the molecule is Cc1nn(-c2ccc(F)cc2)c(C)c1CC(=O)NCc1ccc2c(c1)OCO2. The number of ether oxygens (including phenoxy) is 2. The summed E-state index contributed by atoms with van der Waals surface area (Å²) in [7, 11) is 0. The van der Waals surface area contributed by atoms with Crippen LogP contribution in [0.4, 0.5) is 4.39 Å². The number of nitrogens with zero attached hydrogens (tertiary/aromatic N) is 2. The van der Waals surface area contributed by atoms with Gasteiger partial charge in [-0.05, 0) is 55.8 Å². The highest BCUT2D eigenvalue weighted by molar-refractivity contribution is 5.79. The number of aryl methyl sites for hydroxylation is 1. The van der Waals surface area contributed by atoms with Crippen molar-refractivity contribution in [1.82, 2.24) is 15.1 Å². The van der Waals surface area contributed by atoms with Crippen LogP contribution in [0.2, 0.25) is 0 Å². The number of benzene rings is 2. The number of amides is 1. The van der Waals surface area contributed by atoms with Gasteiger partial charge in [-0.25, -0.2) is 9.07 Å². The van der Waals surface area contributed by atoms with Gasteiger partial charge in [0.15, 0.2) is 11.5 Å². The molecule has 0 bridgehead atoms. The Hall–Kier alpha value is -3.35. The van der Waals surface area contributed by atoms with E-state index in [1.54, 1.807) is 16.8 Å². The summed E-state index contributed by atoms with van der Waals surface area (Å²) in [6.07, 6.45) is 0.226. The standard InChI is InChI=1S/C21H20FN3O3/c1-13-18(14(2)25(24-13)17-6-4-16(22)5-7-17)10-21(26)23-11-15-3-8-19-20(9-15)28-12-27-19/h3-9H,10-12H2,1-2H3,(H,23,26). The third-order valence-electron chi connectivity index (χ3n) is 4.78. The van der Waals surface area contributed by atoms with Gasteiger partial charge in [0.2, 0.25) is 12.7 Å². The summed E-state index contributed by atoms with van der Waals surface area (Å²) >= 11 is 0. The first-order chi connectivity index (χ1) is 13.5. The van der Waals surface area contributed by atoms with Crippen molar-refractivity contribution >= 4 is 5.91 Å². The number of halogens is 1. The van der Waals surface area contributed by atoms with Gasteiger partial charge in [-0.1, -0.05) is 6.07 Å². The van der Waals surface area contributed by atoms with Crippen LogP contribution in [0.1, 0.15) is 22.5 Å². The Balaban J connectivity index is 1.44. The minimum absolute atomic E-state index is 0.0949. The second-order valence-corrected chi connectivity index (χ2v) is 6.68. The molecule has 0 saturated carbocycles. The normalized spacial score (nSPS) is 12.2. The molecule has 2 heterocycles. The zero-order chi connectivity index (χ0) is 19.7. The molecule has 1 N–H and O–H groups in total. The van der Waals surface area contributed by atoms with Crippen LogP contribution in [-0.2, 0) is 17.8 Å². The van der Waals surface area contributed by atoms with E-state index in [-0.39, 0.29) is 24.9 Å². The van der Waals surface area contributed by atoms with Gasteiger partial charge in [0.25, 0.3) is 0 Å². The summed E-state index contributed by atoms with van der Waals surface area (Å²) < 4.78 is 25.5. The first-order valence-corrected chi connectivity index (χ1v) is 8.97. The van der Waals surface area contributed by atoms with E-state index < -0.39 is 0 Å². The minimum Gasteiger partial charge on any atom is -0.454 e. The van der Waals surface area contributed by atoms with E-state index in [9.17, 15) is 9.18 Å². The van der Waals surface area contributed by atoms with Gasteiger partial charge in [0.1, 0.15) is 5.82 Å². The Morgan fingerprint density at radius 1 is 1.14 bits per heavy atom. The molecule has 1 aromatic heterocycles. The first-order valence-electron chi connectivity index (χ1n) is 8.97. The van der Waals surface area contributed by atoms with Gasteiger partial charge in [-0.3, -0.25) is 4.79 Å². The zero-order valence-electron chi connectivity index (χ0n) is 15.7. The third-order valence-corrected chi connectivity index (χ3v) is 4.78. The smallest absolute Gasteiger partial charge is 0.231 e. The summed E-state index contributed by atoms with van der Waals surface area (Å²) in [5.74, 6) is 1.02. The number of carbonyl (C=O) groups is 1. The summed E-state index contributed by atoms with van der Waals surface area (Å²) in [5, 5.41) is 7.43. The maximum Gasteiger partial charge on any atom is 0.231 e. The highest BCUT2D eigenvalue weighted by Gasteiger charge is 2.17. The van der Waals surface area contributed by atoms with E-state index in [4.69, 9.17) is 9.47 Å². The average Bonchev–Trinajstić information content (AvgIpc) is 3.26. The lowest BCUT2D eigenvalue weighted by atomic mass is 10.1. The molecule has 0 unspecified atom stereocenters. The van der Waals surface area contributed by atoms with Crippen LogP contribution in [0.3, 0.4) is 0 Å². The van der Waals surface area contributed by atoms with Gasteiger partial charge in [0.05, 0.1) is 17.8 Å². The van der Waals surface area contributed by atoms with Crippen LogP contribution in [-0.4, -0.2) is 22.5 Å². The molecular formula is C21H20FN3O3. The van der Waals surface area contributed by atoms with Gasteiger partial charge >= 0.3 is 0 Å². The molecule has 1 aliphatic rings. The Labute approximate surface area is 161 Å². The van der Waals surface area contributed by atoms with Crippen LogP contribution in [0.5, 0.6) is 11.5 Å². The number of carbonyl (C=O) groups excluding carboxylic acids is 1. The fourth-order valence-corrected chi connectivity index (χ4v) is 3.24. The quantitative estimate of drug-likeness (QED) is 0.737. The van der Waals surface area contributed by atoms with E-state index in [0.717, 1.165) is 34.0 Å². The molecule has 2 aromatic carbocycles. The predicted octanol–water partition coefficient (Wildman–Crippen LogP) is 3.22. The Kier molecular flexibility index (Phi) is 4.73. The molecule has 0 atom stereocenters. The highest BCUT2D eigenvalue weighted by Crippen LogP contribution is 2.32. The summed E-state index contributed by atoms with van der Waals surface area (Å²) in [5.41, 5.74) is 4.21. The van der Waals surface area contributed by atoms with Gasteiger partial charge in [-0.15, -0.1) is 0 Å². The maximum atomic E-state index is 13.2. The number of fused-ring (bicyclic) bond motifs is 1. The van der Waals surface area contributed by atoms with E-state index in [2.05, 4.69) is 10.4 Å². The lowest BCUT2D eigenvalue weighted by Crippen LogP contribution is -2.25. The molecule has 6 nitrogen and oxygen atoms in total. The van der Waals surface area contributed by atoms with E-state index in [1.807, 2.05) is 32.0 Å². The molecule has 1 aliphatic heterocycles. The van der Waals surface area contributed by atoms with Crippen molar-refractivity contribution in [2.24, 2.45) is 0 Å². The van der Waals surface area contributed by atoms with Crippen molar-refractivity contribution < 1.29 is 18.7 Å². The fourth-order valence-electron chi connectivity index (χ4n) is 3.24. The van der Waals surface area contributed by atoms with Crippen LogP contribution in [0, 0.1) is 19.7 Å². The second kappa shape index (κ2) is 7.34. The molecule has 28 heavy (non-hydrogen) atoms. The summed E-state index contributed by atoms with van der Waals surface area (Å²) in [4.78, 5) is 12.5. The van der Waals surface area contributed by atoms with E-state index >= 15 is 0 Å². The molecule has 4 rings (SSSR count). The minimum atomic E-state index is -0.298. The van der Waals surface area contributed by atoms with Crippen molar-refractivity contribution in [2.75, 3.05) is 6.79 Å². The van der Waals surface area contributed by atoms with Gasteiger partial charge < -0.3 is 14.8 Å². The van der Waals surface area contributed by atoms with Crippen molar-refractivity contribution in [1.29, 1.82) is 0 Å². The van der Waals surface area contributed by atoms with Gasteiger partial charge in [0, 0.05) is 17.8 Å². The Morgan fingerprint density at radius 2 is 1.89 bits per heavy atom. The van der Waals surface area contributed by atoms with Gasteiger partial charge in [-0.2, -0.15) is 5.10 Å². The Morgan fingerprint density at radius 3 is 2.68 bits per heavy atom. The second-order valence-electron chi connectivity index (χ2n) is 6.68. The van der Waals surface area contributed by atoms with Crippen molar-refractivity contribution in [3.8, 4) is 17.2 Å². The largest absolute Gasteiger partial charge is 0.454 e. The Bertz CT molecular complexity index is 1030. The number of aromatic nitrogens is 2. The summed E-state index contributed by atoms with van der Waals surface area (Å²) in [6.45, 7) is 4.40. The maximum absolute atomic E-state index is 13.2. The highest BCUT2D eigenvalue weighted by atomic mass is 19.1. The predicted molar refractivity (Wildman–Crippen MR) is 101 cm³/mol. The monoisotopic (exact) mass is 381 g/mol. The van der Waals surface area contributed by atoms with Crippen LogP contribution in [0.15, 0.2) is 42.5 Å². The van der Waals surface area contributed by atoms with Crippen LogP contribution >= 0.6 is 0 Å². The zero-order valence-corrected chi connectivity index (χ0v) is 15.7. The number of rotatable bonds is 5. The van der Waals surface area contributed by atoms with Crippen LogP contribution < -0.4 is 14.8 Å². The molecule has 0 fully saturated rings. The number of nitrogens with one attached hydrogen (secondary N) is 1.